The molecule has 1 aliphatic rings. The van der Waals surface area contributed by atoms with Crippen LogP contribution in [0, 0.1) is 6.92 Å². The second kappa shape index (κ2) is 4.97. The number of sulfonamides is 1. The van der Waals surface area contributed by atoms with Crippen LogP contribution in [-0.2, 0) is 10.0 Å². The minimum Gasteiger partial charge on any atom is -0.314 e. The van der Waals surface area contributed by atoms with E-state index in [1.54, 1.807) is 10.4 Å². The summed E-state index contributed by atoms with van der Waals surface area (Å²) in [5.41, 5.74) is 0.969. The van der Waals surface area contributed by atoms with Crippen LogP contribution in [0.3, 0.4) is 0 Å². The van der Waals surface area contributed by atoms with Gasteiger partial charge in [-0.2, -0.15) is 4.31 Å². The van der Waals surface area contributed by atoms with Gasteiger partial charge in [-0.3, -0.25) is 0 Å². The molecule has 96 valence electrons. The summed E-state index contributed by atoms with van der Waals surface area (Å²) in [6, 6.07) is 1.74. The molecule has 1 saturated heterocycles. The van der Waals surface area contributed by atoms with E-state index in [2.05, 4.69) is 21.2 Å². The molecule has 0 saturated carbocycles. The van der Waals surface area contributed by atoms with Gasteiger partial charge in [-0.15, -0.1) is 11.3 Å². The van der Waals surface area contributed by atoms with Crippen LogP contribution in [0.1, 0.15) is 12.5 Å². The first kappa shape index (κ1) is 13.5. The number of rotatable bonds is 2. The van der Waals surface area contributed by atoms with Crippen molar-refractivity contribution in [1.82, 2.24) is 9.62 Å². The van der Waals surface area contributed by atoms with E-state index in [0.29, 0.717) is 17.3 Å². The van der Waals surface area contributed by atoms with Crippen LogP contribution in [0.25, 0.3) is 0 Å². The Kier molecular flexibility index (Phi) is 3.94. The molecule has 17 heavy (non-hydrogen) atoms. The number of piperazine rings is 1. The molecule has 1 aliphatic heterocycles. The van der Waals surface area contributed by atoms with Crippen LogP contribution in [0.5, 0.6) is 0 Å². The summed E-state index contributed by atoms with van der Waals surface area (Å²) in [6.07, 6.45) is 0. The molecule has 7 heteroatoms. The molecular weight excluding hydrogens is 324 g/mol. The van der Waals surface area contributed by atoms with E-state index in [1.807, 2.05) is 13.8 Å². The number of nitrogens with zero attached hydrogens (tertiary/aromatic N) is 1. The van der Waals surface area contributed by atoms with Gasteiger partial charge >= 0.3 is 0 Å². The Bertz CT molecular complexity index is 493. The number of nitrogens with one attached hydrogen (secondary N) is 1. The summed E-state index contributed by atoms with van der Waals surface area (Å²) in [5.74, 6) is 0. The lowest BCUT2D eigenvalue weighted by atomic mass is 10.3. The number of hydrogen-bond donors (Lipinski definition) is 1. The van der Waals surface area contributed by atoms with Crippen LogP contribution >= 0.6 is 27.3 Å². The molecule has 1 aromatic rings. The third-order valence-electron chi connectivity index (χ3n) is 2.84. The molecular formula is C10H15BrN2O2S2. The lowest BCUT2D eigenvalue weighted by Gasteiger charge is -2.32. The smallest absolute Gasteiger partial charge is 0.252 e. The third kappa shape index (κ3) is 2.58. The summed E-state index contributed by atoms with van der Waals surface area (Å²) in [7, 11) is -3.33. The van der Waals surface area contributed by atoms with Gasteiger partial charge in [-0.1, -0.05) is 0 Å². The molecule has 2 rings (SSSR count). The Hall–Kier alpha value is 0.0500. The molecule has 1 aromatic heterocycles. The third-order valence-corrected chi connectivity index (χ3v) is 7.44. The van der Waals surface area contributed by atoms with E-state index in [9.17, 15) is 8.42 Å². The van der Waals surface area contributed by atoms with Gasteiger partial charge in [0, 0.05) is 25.7 Å². The maximum absolute atomic E-state index is 12.5. The van der Waals surface area contributed by atoms with E-state index in [-0.39, 0.29) is 6.04 Å². The highest BCUT2D eigenvalue weighted by molar-refractivity contribution is 9.11. The number of aryl methyl sites for hydroxylation is 1. The average molecular weight is 339 g/mol. The first-order valence-corrected chi connectivity index (χ1v) is 8.46. The molecule has 1 atom stereocenters. The van der Waals surface area contributed by atoms with Crippen molar-refractivity contribution in [2.45, 2.75) is 24.1 Å². The van der Waals surface area contributed by atoms with Crippen molar-refractivity contribution in [2.75, 3.05) is 19.6 Å². The van der Waals surface area contributed by atoms with Gasteiger partial charge in [0.2, 0.25) is 0 Å². The Morgan fingerprint density at radius 1 is 1.59 bits per heavy atom. The summed E-state index contributed by atoms with van der Waals surface area (Å²) in [6.45, 7) is 5.80. The minimum atomic E-state index is -3.33. The Labute approximate surface area is 114 Å². The molecule has 2 heterocycles. The second-order valence-corrected chi connectivity index (χ2v) is 8.68. The van der Waals surface area contributed by atoms with Crippen LogP contribution in [0.4, 0.5) is 0 Å². The van der Waals surface area contributed by atoms with Crippen LogP contribution in [0.2, 0.25) is 0 Å². The molecule has 0 radical (unpaired) electrons. The largest absolute Gasteiger partial charge is 0.314 e. The number of hydrogen-bond acceptors (Lipinski definition) is 4. The first-order valence-electron chi connectivity index (χ1n) is 5.41. The van der Waals surface area contributed by atoms with Crippen LogP contribution < -0.4 is 5.32 Å². The highest BCUT2D eigenvalue weighted by Crippen LogP contribution is 2.33. The Morgan fingerprint density at radius 2 is 2.29 bits per heavy atom. The molecule has 0 bridgehead atoms. The van der Waals surface area contributed by atoms with Gasteiger partial charge in [0.15, 0.2) is 0 Å². The van der Waals surface area contributed by atoms with Crippen LogP contribution in [0.15, 0.2) is 14.1 Å². The zero-order chi connectivity index (χ0) is 12.6. The highest BCUT2D eigenvalue weighted by atomic mass is 79.9. The molecule has 1 N–H and O–H groups in total. The van der Waals surface area contributed by atoms with Crippen molar-refractivity contribution in [2.24, 2.45) is 0 Å². The van der Waals surface area contributed by atoms with Gasteiger partial charge in [0.1, 0.15) is 4.21 Å². The Balaban J connectivity index is 2.35. The van der Waals surface area contributed by atoms with E-state index < -0.39 is 10.0 Å². The van der Waals surface area contributed by atoms with Crippen LogP contribution in [-0.4, -0.2) is 38.4 Å². The van der Waals surface area contributed by atoms with Gasteiger partial charge in [0.25, 0.3) is 10.0 Å². The van der Waals surface area contributed by atoms with Gasteiger partial charge in [-0.05, 0) is 41.4 Å². The molecule has 4 nitrogen and oxygen atoms in total. The maximum Gasteiger partial charge on any atom is 0.252 e. The zero-order valence-corrected chi connectivity index (χ0v) is 13.0. The lowest BCUT2D eigenvalue weighted by molar-refractivity contribution is 0.284. The fraction of sp³-hybridized carbons (Fsp3) is 0.600. The second-order valence-electron chi connectivity index (χ2n) is 4.19. The van der Waals surface area contributed by atoms with Gasteiger partial charge in [-0.25, -0.2) is 8.42 Å². The van der Waals surface area contributed by atoms with Gasteiger partial charge < -0.3 is 5.32 Å². The predicted molar refractivity (Wildman–Crippen MR) is 73.0 cm³/mol. The lowest BCUT2D eigenvalue weighted by Crippen LogP contribution is -2.51. The molecule has 0 amide bonds. The summed E-state index contributed by atoms with van der Waals surface area (Å²) in [5, 5.41) is 3.19. The van der Waals surface area contributed by atoms with Crippen molar-refractivity contribution in [3.05, 3.63) is 15.4 Å². The SMILES string of the molecule is Cc1cc(S(=O)(=O)N2CCNC[C@@H]2C)sc1Br. The van der Waals surface area contributed by atoms with E-state index in [1.165, 1.54) is 11.3 Å². The van der Waals surface area contributed by atoms with Gasteiger partial charge in [0.05, 0.1) is 3.79 Å². The fourth-order valence-electron chi connectivity index (χ4n) is 1.85. The van der Waals surface area contributed by atoms with E-state index in [0.717, 1.165) is 15.9 Å². The molecule has 0 unspecified atom stereocenters. The molecule has 0 aromatic carbocycles. The predicted octanol–water partition coefficient (Wildman–Crippen LogP) is 1.80. The quantitative estimate of drug-likeness (QED) is 0.894. The number of thiophene rings is 1. The first-order chi connectivity index (χ1) is 7.93. The molecule has 0 spiro atoms. The topological polar surface area (TPSA) is 49.4 Å². The Morgan fingerprint density at radius 3 is 2.82 bits per heavy atom. The summed E-state index contributed by atoms with van der Waals surface area (Å²) < 4.78 is 27.8. The molecule has 1 fully saturated rings. The van der Waals surface area contributed by atoms with Crippen molar-refractivity contribution in [3.63, 3.8) is 0 Å². The van der Waals surface area contributed by atoms with Crippen molar-refractivity contribution in [3.8, 4) is 0 Å². The standard InChI is InChI=1S/C10H15BrN2O2S2/c1-7-5-9(16-10(7)11)17(14,15)13-4-3-12-6-8(13)2/h5,8,12H,3-4,6H2,1-2H3/t8-/m0/s1. The van der Waals surface area contributed by atoms with Crippen molar-refractivity contribution in [1.29, 1.82) is 0 Å². The summed E-state index contributed by atoms with van der Waals surface area (Å²) in [4.78, 5) is 0. The molecule has 0 aliphatic carbocycles. The monoisotopic (exact) mass is 338 g/mol. The number of halogens is 1. The van der Waals surface area contributed by atoms with E-state index >= 15 is 0 Å². The summed E-state index contributed by atoms with van der Waals surface area (Å²) >= 11 is 4.65. The normalized spacial score (nSPS) is 22.9. The van der Waals surface area contributed by atoms with Crippen molar-refractivity contribution < 1.29 is 8.42 Å². The van der Waals surface area contributed by atoms with E-state index in [4.69, 9.17) is 0 Å². The highest BCUT2D eigenvalue weighted by Gasteiger charge is 2.32. The zero-order valence-electron chi connectivity index (χ0n) is 9.73. The maximum atomic E-state index is 12.5. The minimum absolute atomic E-state index is 0.00920. The fourth-order valence-corrected chi connectivity index (χ4v) is 5.84. The van der Waals surface area contributed by atoms with Crippen molar-refractivity contribution >= 4 is 37.3 Å². The average Bonchev–Trinajstić information content (AvgIpc) is 2.60.